The molecule has 138 valence electrons. The summed E-state index contributed by atoms with van der Waals surface area (Å²) in [7, 11) is 0. The molecule has 0 atom stereocenters. The van der Waals surface area contributed by atoms with E-state index in [1.54, 1.807) is 0 Å². The van der Waals surface area contributed by atoms with E-state index in [1.165, 1.54) is 30.5 Å². The van der Waals surface area contributed by atoms with Gasteiger partial charge in [0.05, 0.1) is 19.8 Å². The molecule has 2 heterocycles. The molecule has 1 amide bonds. The number of carbonyl (C=O) groups excluding carboxylic acids is 1. The Morgan fingerprint density at radius 2 is 1.84 bits per heavy atom. The molecule has 0 unspecified atom stereocenters. The highest BCUT2D eigenvalue weighted by Gasteiger charge is 2.23. The van der Waals surface area contributed by atoms with Crippen molar-refractivity contribution in [2.24, 2.45) is 5.92 Å². The Bertz CT molecular complexity index is 550. The fraction of sp³-hybridized carbons (Fsp3) is 0.650. The lowest BCUT2D eigenvalue weighted by Gasteiger charge is -2.35. The number of nitrogens with zero attached hydrogens (tertiary/aromatic N) is 2. The summed E-state index contributed by atoms with van der Waals surface area (Å²) >= 11 is 0. The van der Waals surface area contributed by atoms with Crippen LogP contribution in [-0.2, 0) is 16.1 Å². The van der Waals surface area contributed by atoms with Crippen LogP contribution in [0.25, 0.3) is 0 Å². The molecule has 25 heavy (non-hydrogen) atoms. The van der Waals surface area contributed by atoms with Gasteiger partial charge in [0.2, 0.25) is 5.91 Å². The first-order valence-corrected chi connectivity index (χ1v) is 9.54. The molecule has 3 rings (SSSR count). The topological polar surface area (TPSA) is 44.8 Å². The highest BCUT2D eigenvalue weighted by molar-refractivity contribution is 5.78. The molecule has 2 aliphatic rings. The van der Waals surface area contributed by atoms with E-state index in [9.17, 15) is 4.79 Å². The predicted octanol–water partition coefficient (Wildman–Crippen LogP) is 1.66. The summed E-state index contributed by atoms with van der Waals surface area (Å²) in [6.07, 6.45) is 2.39. The summed E-state index contributed by atoms with van der Waals surface area (Å²) < 4.78 is 5.42. The molecule has 1 aromatic carbocycles. The first kappa shape index (κ1) is 18.4. The highest BCUT2D eigenvalue weighted by Crippen LogP contribution is 2.18. The van der Waals surface area contributed by atoms with Gasteiger partial charge in [-0.2, -0.15) is 0 Å². The molecule has 1 N–H and O–H groups in total. The number of benzene rings is 1. The molecule has 0 aliphatic carbocycles. The Morgan fingerprint density at radius 1 is 1.12 bits per heavy atom. The maximum Gasteiger partial charge on any atom is 0.234 e. The number of aryl methyl sites for hydroxylation is 1. The van der Waals surface area contributed by atoms with Gasteiger partial charge in [0.25, 0.3) is 0 Å². The van der Waals surface area contributed by atoms with Crippen molar-refractivity contribution in [1.82, 2.24) is 15.1 Å². The zero-order chi connectivity index (χ0) is 17.5. The van der Waals surface area contributed by atoms with Crippen molar-refractivity contribution in [3.63, 3.8) is 0 Å². The number of likely N-dealkylation sites (tertiary alicyclic amines) is 1. The monoisotopic (exact) mass is 345 g/mol. The summed E-state index contributed by atoms with van der Waals surface area (Å²) in [4.78, 5) is 17.0. The standard InChI is InChI=1S/C20H31N3O2/c1-17-4-2-3-5-19(17)14-21-20(24)16-22-8-6-18(7-9-22)15-23-10-12-25-13-11-23/h2-5,18H,6-16H2,1H3,(H,21,24). The first-order chi connectivity index (χ1) is 12.2. The second-order valence-electron chi connectivity index (χ2n) is 7.34. The fourth-order valence-corrected chi connectivity index (χ4v) is 3.74. The van der Waals surface area contributed by atoms with E-state index in [4.69, 9.17) is 4.74 Å². The molecule has 0 saturated carbocycles. The summed E-state index contributed by atoms with van der Waals surface area (Å²) in [6, 6.07) is 8.21. The highest BCUT2D eigenvalue weighted by atomic mass is 16.5. The minimum Gasteiger partial charge on any atom is -0.379 e. The molecule has 2 saturated heterocycles. The van der Waals surface area contributed by atoms with Crippen LogP contribution in [0.15, 0.2) is 24.3 Å². The molecule has 0 spiro atoms. The molecule has 0 bridgehead atoms. The average Bonchev–Trinajstić information content (AvgIpc) is 2.64. The van der Waals surface area contributed by atoms with E-state index in [-0.39, 0.29) is 5.91 Å². The Labute approximate surface area is 151 Å². The van der Waals surface area contributed by atoms with E-state index in [2.05, 4.69) is 34.2 Å². The third-order valence-electron chi connectivity index (χ3n) is 5.43. The second-order valence-corrected chi connectivity index (χ2v) is 7.34. The van der Waals surface area contributed by atoms with Gasteiger partial charge in [0.15, 0.2) is 0 Å². The second kappa shape index (κ2) is 9.32. The molecule has 5 nitrogen and oxygen atoms in total. The van der Waals surface area contributed by atoms with Gasteiger partial charge < -0.3 is 10.1 Å². The van der Waals surface area contributed by atoms with E-state index in [0.717, 1.165) is 45.3 Å². The van der Waals surface area contributed by atoms with Gasteiger partial charge in [-0.3, -0.25) is 14.6 Å². The number of morpholine rings is 1. The van der Waals surface area contributed by atoms with Gasteiger partial charge in [-0.1, -0.05) is 24.3 Å². The lowest BCUT2D eigenvalue weighted by atomic mass is 9.96. The summed E-state index contributed by atoms with van der Waals surface area (Å²) in [6.45, 7) is 10.4. The van der Waals surface area contributed by atoms with Crippen LogP contribution in [0.1, 0.15) is 24.0 Å². The number of ether oxygens (including phenoxy) is 1. The maximum absolute atomic E-state index is 12.2. The average molecular weight is 345 g/mol. The largest absolute Gasteiger partial charge is 0.379 e. The van der Waals surface area contributed by atoms with E-state index < -0.39 is 0 Å². The molecular formula is C20H31N3O2. The van der Waals surface area contributed by atoms with Gasteiger partial charge in [-0.15, -0.1) is 0 Å². The molecule has 5 heteroatoms. The Balaban J connectivity index is 1.34. The molecule has 1 aromatic rings. The zero-order valence-electron chi connectivity index (χ0n) is 15.4. The van der Waals surface area contributed by atoms with Crippen LogP contribution in [0.5, 0.6) is 0 Å². The minimum absolute atomic E-state index is 0.134. The van der Waals surface area contributed by atoms with Crippen molar-refractivity contribution in [2.75, 3.05) is 52.5 Å². The van der Waals surface area contributed by atoms with E-state index in [0.29, 0.717) is 13.1 Å². The van der Waals surface area contributed by atoms with Crippen molar-refractivity contribution < 1.29 is 9.53 Å². The maximum atomic E-state index is 12.2. The van der Waals surface area contributed by atoms with Gasteiger partial charge in [-0.25, -0.2) is 0 Å². The first-order valence-electron chi connectivity index (χ1n) is 9.54. The lowest BCUT2D eigenvalue weighted by molar-refractivity contribution is -0.122. The SMILES string of the molecule is Cc1ccccc1CNC(=O)CN1CCC(CN2CCOCC2)CC1. The zero-order valence-corrected chi connectivity index (χ0v) is 15.4. The van der Waals surface area contributed by atoms with Gasteiger partial charge in [-0.05, 0) is 49.9 Å². The van der Waals surface area contributed by atoms with Crippen LogP contribution in [0.4, 0.5) is 0 Å². The molecule has 2 aliphatic heterocycles. The predicted molar refractivity (Wildman–Crippen MR) is 99.4 cm³/mol. The Morgan fingerprint density at radius 3 is 2.56 bits per heavy atom. The minimum atomic E-state index is 0.134. The third kappa shape index (κ3) is 5.80. The van der Waals surface area contributed by atoms with E-state index in [1.807, 2.05) is 12.1 Å². The molecule has 2 fully saturated rings. The van der Waals surface area contributed by atoms with Gasteiger partial charge in [0, 0.05) is 26.2 Å². The van der Waals surface area contributed by atoms with Crippen LogP contribution in [-0.4, -0.2) is 68.2 Å². The Kier molecular flexibility index (Phi) is 6.84. The van der Waals surface area contributed by atoms with Gasteiger partial charge >= 0.3 is 0 Å². The lowest BCUT2D eigenvalue weighted by Crippen LogP contribution is -2.45. The molecule has 0 radical (unpaired) electrons. The van der Waals surface area contributed by atoms with Crippen molar-refractivity contribution in [2.45, 2.75) is 26.3 Å². The fourth-order valence-electron chi connectivity index (χ4n) is 3.74. The van der Waals surface area contributed by atoms with Crippen molar-refractivity contribution >= 4 is 5.91 Å². The Hall–Kier alpha value is -1.43. The number of hydrogen-bond acceptors (Lipinski definition) is 4. The smallest absolute Gasteiger partial charge is 0.234 e. The van der Waals surface area contributed by atoms with Crippen molar-refractivity contribution in [3.8, 4) is 0 Å². The van der Waals surface area contributed by atoms with Crippen LogP contribution in [0.2, 0.25) is 0 Å². The van der Waals surface area contributed by atoms with Crippen molar-refractivity contribution in [1.29, 1.82) is 0 Å². The van der Waals surface area contributed by atoms with Crippen LogP contribution >= 0.6 is 0 Å². The van der Waals surface area contributed by atoms with Crippen LogP contribution < -0.4 is 5.32 Å². The van der Waals surface area contributed by atoms with Crippen molar-refractivity contribution in [3.05, 3.63) is 35.4 Å². The van der Waals surface area contributed by atoms with Crippen LogP contribution in [0.3, 0.4) is 0 Å². The normalized spacial score (nSPS) is 20.5. The quantitative estimate of drug-likeness (QED) is 0.852. The third-order valence-corrected chi connectivity index (χ3v) is 5.43. The summed E-state index contributed by atoms with van der Waals surface area (Å²) in [5, 5.41) is 3.06. The molecular weight excluding hydrogens is 314 g/mol. The van der Waals surface area contributed by atoms with Gasteiger partial charge in [0.1, 0.15) is 0 Å². The molecule has 0 aromatic heterocycles. The number of piperidine rings is 1. The number of rotatable bonds is 6. The number of amides is 1. The van der Waals surface area contributed by atoms with E-state index >= 15 is 0 Å². The number of carbonyl (C=O) groups is 1. The number of hydrogen-bond donors (Lipinski definition) is 1. The summed E-state index contributed by atoms with van der Waals surface area (Å²) in [5.41, 5.74) is 2.42. The summed E-state index contributed by atoms with van der Waals surface area (Å²) in [5.74, 6) is 0.902. The van der Waals surface area contributed by atoms with Crippen LogP contribution in [0, 0.1) is 12.8 Å². The number of nitrogens with one attached hydrogen (secondary N) is 1.